The fraction of sp³-hybridized carbons (Fsp3) is 0.417. The second kappa shape index (κ2) is 6.11. The minimum atomic E-state index is -3.71. The number of halogens is 1. The van der Waals surface area contributed by atoms with Gasteiger partial charge in [0.05, 0.1) is 5.92 Å². The van der Waals surface area contributed by atoms with Crippen LogP contribution < -0.4 is 4.72 Å². The number of carboxylic acid groups (broad SMARTS) is 1. The van der Waals surface area contributed by atoms with E-state index in [9.17, 15) is 13.2 Å². The predicted molar refractivity (Wildman–Crippen MR) is 78.6 cm³/mol. The molecule has 0 spiro atoms. The van der Waals surface area contributed by atoms with Gasteiger partial charge in [-0.05, 0) is 37.1 Å². The predicted octanol–water partition coefficient (Wildman–Crippen LogP) is 1.90. The summed E-state index contributed by atoms with van der Waals surface area (Å²) in [7, 11) is -3.71. The van der Waals surface area contributed by atoms with Crippen molar-refractivity contribution in [1.29, 1.82) is 0 Å². The fourth-order valence-corrected chi connectivity index (χ4v) is 3.67. The standard InChI is InChI=1S/C12H15BrN2O4S/c13-10-3-5-11(6-4-10)14-20(18,19)15-7-1-2-9(8-15)12(16)17/h3-6,9,14H,1-2,7-8H2,(H,16,17). The van der Waals surface area contributed by atoms with Crippen molar-refractivity contribution in [2.24, 2.45) is 5.92 Å². The average Bonchev–Trinajstić information content (AvgIpc) is 2.41. The van der Waals surface area contributed by atoms with Gasteiger partial charge in [0, 0.05) is 23.2 Å². The molecular formula is C12H15BrN2O4S. The van der Waals surface area contributed by atoms with Crippen molar-refractivity contribution in [3.05, 3.63) is 28.7 Å². The van der Waals surface area contributed by atoms with E-state index in [0.29, 0.717) is 25.1 Å². The molecule has 2 rings (SSSR count). The first-order chi connectivity index (χ1) is 9.38. The number of benzene rings is 1. The van der Waals surface area contributed by atoms with E-state index in [0.717, 1.165) is 4.47 Å². The maximum absolute atomic E-state index is 12.2. The summed E-state index contributed by atoms with van der Waals surface area (Å²) < 4.78 is 28.9. The van der Waals surface area contributed by atoms with Gasteiger partial charge in [-0.1, -0.05) is 15.9 Å². The quantitative estimate of drug-likeness (QED) is 0.856. The number of nitrogens with one attached hydrogen (secondary N) is 1. The van der Waals surface area contributed by atoms with Crippen LogP contribution in [0.25, 0.3) is 0 Å². The van der Waals surface area contributed by atoms with Gasteiger partial charge in [0.15, 0.2) is 0 Å². The van der Waals surface area contributed by atoms with Crippen LogP contribution in [0.3, 0.4) is 0 Å². The number of hydrogen-bond donors (Lipinski definition) is 2. The summed E-state index contributed by atoms with van der Waals surface area (Å²) in [6.45, 7) is 0.358. The maximum atomic E-state index is 12.2. The highest BCUT2D eigenvalue weighted by Crippen LogP contribution is 2.21. The Balaban J connectivity index is 2.09. The van der Waals surface area contributed by atoms with Crippen LogP contribution in [-0.4, -0.2) is 36.9 Å². The molecule has 8 heteroatoms. The molecule has 20 heavy (non-hydrogen) atoms. The zero-order chi connectivity index (χ0) is 14.8. The van der Waals surface area contributed by atoms with E-state index < -0.39 is 22.1 Å². The van der Waals surface area contributed by atoms with Crippen molar-refractivity contribution in [3.63, 3.8) is 0 Å². The first kappa shape index (κ1) is 15.3. The molecule has 0 amide bonds. The minimum Gasteiger partial charge on any atom is -0.481 e. The third-order valence-electron chi connectivity index (χ3n) is 3.16. The molecule has 1 saturated heterocycles. The van der Waals surface area contributed by atoms with Gasteiger partial charge in [-0.15, -0.1) is 0 Å². The third-order valence-corrected chi connectivity index (χ3v) is 5.20. The van der Waals surface area contributed by atoms with E-state index in [2.05, 4.69) is 20.7 Å². The average molecular weight is 363 g/mol. The van der Waals surface area contributed by atoms with E-state index in [1.165, 1.54) is 4.31 Å². The first-order valence-electron chi connectivity index (χ1n) is 6.15. The zero-order valence-electron chi connectivity index (χ0n) is 10.6. The zero-order valence-corrected chi connectivity index (χ0v) is 13.0. The molecule has 6 nitrogen and oxygen atoms in total. The molecule has 1 aromatic carbocycles. The van der Waals surface area contributed by atoms with Gasteiger partial charge in [-0.2, -0.15) is 12.7 Å². The second-order valence-electron chi connectivity index (χ2n) is 4.65. The number of aliphatic carboxylic acids is 1. The molecule has 1 aliphatic rings. The van der Waals surface area contributed by atoms with Gasteiger partial charge in [0.25, 0.3) is 0 Å². The molecule has 1 atom stereocenters. The molecular weight excluding hydrogens is 348 g/mol. The Labute approximate surface area is 126 Å². The van der Waals surface area contributed by atoms with Gasteiger partial charge in [0.2, 0.25) is 0 Å². The maximum Gasteiger partial charge on any atom is 0.307 e. The Morgan fingerprint density at radius 1 is 1.35 bits per heavy atom. The van der Waals surface area contributed by atoms with Crippen molar-refractivity contribution in [2.75, 3.05) is 17.8 Å². The van der Waals surface area contributed by atoms with Crippen molar-refractivity contribution < 1.29 is 18.3 Å². The lowest BCUT2D eigenvalue weighted by Crippen LogP contribution is -2.44. The normalized spacial score (nSPS) is 20.6. The number of anilines is 1. The Morgan fingerprint density at radius 3 is 2.60 bits per heavy atom. The number of rotatable bonds is 4. The van der Waals surface area contributed by atoms with E-state index in [1.54, 1.807) is 24.3 Å². The van der Waals surface area contributed by atoms with E-state index in [1.807, 2.05) is 0 Å². The molecule has 2 N–H and O–H groups in total. The third kappa shape index (κ3) is 3.71. The first-order valence-corrected chi connectivity index (χ1v) is 8.38. The number of carbonyl (C=O) groups is 1. The molecule has 1 aromatic rings. The number of nitrogens with zero attached hydrogens (tertiary/aromatic N) is 1. The molecule has 1 heterocycles. The lowest BCUT2D eigenvalue weighted by Gasteiger charge is -2.29. The lowest BCUT2D eigenvalue weighted by atomic mass is 10.0. The summed E-state index contributed by atoms with van der Waals surface area (Å²) in [4.78, 5) is 11.0. The summed E-state index contributed by atoms with van der Waals surface area (Å²) in [6, 6.07) is 6.74. The summed E-state index contributed by atoms with van der Waals surface area (Å²) in [6.07, 6.45) is 1.07. The summed E-state index contributed by atoms with van der Waals surface area (Å²) in [5.41, 5.74) is 0.450. The number of hydrogen-bond acceptors (Lipinski definition) is 3. The second-order valence-corrected chi connectivity index (χ2v) is 7.24. The topological polar surface area (TPSA) is 86.7 Å². The molecule has 0 saturated carbocycles. The SMILES string of the molecule is O=C(O)C1CCCN(S(=O)(=O)Nc2ccc(Br)cc2)C1. The molecule has 110 valence electrons. The highest BCUT2D eigenvalue weighted by molar-refractivity contribution is 9.10. The monoisotopic (exact) mass is 362 g/mol. The largest absolute Gasteiger partial charge is 0.481 e. The van der Waals surface area contributed by atoms with Crippen molar-refractivity contribution in [2.45, 2.75) is 12.8 Å². The van der Waals surface area contributed by atoms with Crippen LogP contribution in [-0.2, 0) is 15.0 Å². The number of piperidine rings is 1. The van der Waals surface area contributed by atoms with Gasteiger partial charge in [-0.25, -0.2) is 0 Å². The van der Waals surface area contributed by atoms with Crippen molar-refractivity contribution >= 4 is 37.8 Å². The molecule has 1 fully saturated rings. The van der Waals surface area contributed by atoms with Crippen molar-refractivity contribution in [3.8, 4) is 0 Å². The Kier molecular flexibility index (Phi) is 4.66. The molecule has 1 aliphatic heterocycles. The van der Waals surface area contributed by atoms with Gasteiger partial charge in [0.1, 0.15) is 0 Å². The minimum absolute atomic E-state index is 0.0151. The van der Waals surface area contributed by atoms with E-state index >= 15 is 0 Å². The van der Waals surface area contributed by atoms with Crippen LogP contribution in [0.1, 0.15) is 12.8 Å². The van der Waals surface area contributed by atoms with Crippen LogP contribution in [0.4, 0.5) is 5.69 Å². The summed E-state index contributed by atoms with van der Waals surface area (Å²) >= 11 is 3.27. The highest BCUT2D eigenvalue weighted by atomic mass is 79.9. The summed E-state index contributed by atoms with van der Waals surface area (Å²) in [5.74, 6) is -1.58. The molecule has 1 unspecified atom stereocenters. The Bertz CT molecular complexity index is 588. The Morgan fingerprint density at radius 2 is 2.00 bits per heavy atom. The van der Waals surface area contributed by atoms with E-state index in [-0.39, 0.29) is 6.54 Å². The van der Waals surface area contributed by atoms with Crippen LogP contribution in [0.5, 0.6) is 0 Å². The smallest absolute Gasteiger partial charge is 0.307 e. The fourth-order valence-electron chi connectivity index (χ4n) is 2.09. The van der Waals surface area contributed by atoms with Crippen LogP contribution in [0.2, 0.25) is 0 Å². The molecule has 0 radical (unpaired) electrons. The van der Waals surface area contributed by atoms with Crippen LogP contribution >= 0.6 is 15.9 Å². The van der Waals surface area contributed by atoms with Gasteiger partial charge >= 0.3 is 16.2 Å². The molecule has 0 aliphatic carbocycles. The van der Waals surface area contributed by atoms with Gasteiger partial charge < -0.3 is 5.11 Å². The van der Waals surface area contributed by atoms with E-state index in [4.69, 9.17) is 5.11 Å². The molecule has 0 aromatic heterocycles. The lowest BCUT2D eigenvalue weighted by molar-refractivity contribution is -0.142. The van der Waals surface area contributed by atoms with Gasteiger partial charge in [-0.3, -0.25) is 9.52 Å². The van der Waals surface area contributed by atoms with Crippen molar-refractivity contribution in [1.82, 2.24) is 4.31 Å². The highest BCUT2D eigenvalue weighted by Gasteiger charge is 2.32. The summed E-state index contributed by atoms with van der Waals surface area (Å²) in [5, 5.41) is 8.99. The van der Waals surface area contributed by atoms with Crippen LogP contribution in [0, 0.1) is 5.92 Å². The Hall–Kier alpha value is -1.12. The molecule has 0 bridgehead atoms. The number of carboxylic acids is 1. The van der Waals surface area contributed by atoms with Crippen LogP contribution in [0.15, 0.2) is 28.7 Å².